The molecule has 0 unspecified atom stereocenters. The van der Waals surface area contributed by atoms with Crippen molar-refractivity contribution in [2.75, 3.05) is 0 Å². The zero-order valence-electron chi connectivity index (χ0n) is 8.44. The Bertz CT molecular complexity index is 364. The van der Waals surface area contributed by atoms with Crippen LogP contribution in [-0.4, -0.2) is 6.36 Å². The SMILES string of the molecule is CC[C@@H]([NH-])c1ccc(OC(F)(F)F)c(F)c1. The lowest BCUT2D eigenvalue weighted by atomic mass is 10.1. The smallest absolute Gasteiger partial charge is 0.573 e. The summed E-state index contributed by atoms with van der Waals surface area (Å²) < 4.78 is 52.1. The Balaban J connectivity index is 2.92. The highest BCUT2D eigenvalue weighted by Crippen LogP contribution is 2.29. The summed E-state index contributed by atoms with van der Waals surface area (Å²) in [5, 5.41) is 0. The molecule has 1 atom stereocenters. The van der Waals surface area contributed by atoms with Crippen LogP contribution in [0.5, 0.6) is 5.75 Å². The Hall–Kier alpha value is -1.30. The van der Waals surface area contributed by atoms with E-state index in [1.807, 2.05) is 0 Å². The molecule has 0 aromatic heterocycles. The van der Waals surface area contributed by atoms with Crippen LogP contribution < -0.4 is 4.74 Å². The molecule has 0 heterocycles. The van der Waals surface area contributed by atoms with Crippen LogP contribution >= 0.6 is 0 Å². The number of ether oxygens (including phenoxy) is 1. The average Bonchev–Trinajstić information content (AvgIpc) is 2.18. The second-order valence-electron chi connectivity index (χ2n) is 3.20. The maximum Gasteiger partial charge on any atom is 0.573 e. The van der Waals surface area contributed by atoms with Crippen LogP contribution in [0, 0.1) is 5.82 Å². The predicted molar refractivity (Wildman–Crippen MR) is 50.4 cm³/mol. The van der Waals surface area contributed by atoms with Gasteiger partial charge in [0.15, 0.2) is 11.6 Å². The van der Waals surface area contributed by atoms with Gasteiger partial charge in [0.2, 0.25) is 0 Å². The second kappa shape index (κ2) is 4.69. The quantitative estimate of drug-likeness (QED) is 0.723. The molecule has 16 heavy (non-hydrogen) atoms. The van der Waals surface area contributed by atoms with Crippen molar-refractivity contribution in [1.82, 2.24) is 0 Å². The van der Waals surface area contributed by atoms with Gasteiger partial charge >= 0.3 is 6.36 Å². The molecule has 0 aliphatic carbocycles. The van der Waals surface area contributed by atoms with Gasteiger partial charge in [-0.15, -0.1) is 19.2 Å². The van der Waals surface area contributed by atoms with Gasteiger partial charge in [0, 0.05) is 0 Å². The van der Waals surface area contributed by atoms with Crippen molar-refractivity contribution in [2.24, 2.45) is 0 Å². The highest BCUT2D eigenvalue weighted by Gasteiger charge is 2.32. The van der Waals surface area contributed by atoms with Crippen LogP contribution in [-0.2, 0) is 0 Å². The van der Waals surface area contributed by atoms with Gasteiger partial charge in [-0.1, -0.05) is 25.0 Å². The van der Waals surface area contributed by atoms with Gasteiger partial charge < -0.3 is 10.5 Å². The van der Waals surface area contributed by atoms with Crippen molar-refractivity contribution in [3.8, 4) is 5.75 Å². The van der Waals surface area contributed by atoms with Gasteiger partial charge in [-0.25, -0.2) is 4.39 Å². The number of nitrogens with one attached hydrogen (secondary N) is 1. The Kier molecular flexibility index (Phi) is 3.74. The fourth-order valence-corrected chi connectivity index (χ4v) is 1.18. The largest absolute Gasteiger partial charge is 0.671 e. The highest BCUT2D eigenvalue weighted by molar-refractivity contribution is 5.32. The molecule has 0 aliphatic rings. The predicted octanol–water partition coefficient (Wildman–Crippen LogP) is 4.23. The van der Waals surface area contributed by atoms with Crippen molar-refractivity contribution in [1.29, 1.82) is 0 Å². The molecule has 0 fully saturated rings. The van der Waals surface area contributed by atoms with Gasteiger partial charge in [0.25, 0.3) is 0 Å². The van der Waals surface area contributed by atoms with Crippen molar-refractivity contribution in [2.45, 2.75) is 25.7 Å². The lowest BCUT2D eigenvalue weighted by Gasteiger charge is -2.19. The molecule has 0 bridgehead atoms. The molecule has 1 N–H and O–H groups in total. The molecule has 1 aromatic rings. The minimum atomic E-state index is -4.91. The molecule has 0 saturated heterocycles. The van der Waals surface area contributed by atoms with Gasteiger partial charge in [0.1, 0.15) is 0 Å². The molecule has 1 rings (SSSR count). The first-order valence-corrected chi connectivity index (χ1v) is 4.59. The summed E-state index contributed by atoms with van der Waals surface area (Å²) in [6, 6.07) is 2.39. The molecule has 1 aromatic carbocycles. The van der Waals surface area contributed by atoms with Crippen LogP contribution in [0.4, 0.5) is 17.6 Å². The minimum Gasteiger partial charge on any atom is -0.671 e. The molecular formula is C10H10F4NO-. The number of halogens is 4. The van der Waals surface area contributed by atoms with E-state index in [1.54, 1.807) is 6.92 Å². The van der Waals surface area contributed by atoms with Gasteiger partial charge in [-0.05, 0) is 12.1 Å². The molecular weight excluding hydrogens is 226 g/mol. The maximum atomic E-state index is 13.2. The Morgan fingerprint density at radius 1 is 1.38 bits per heavy atom. The van der Waals surface area contributed by atoms with Crippen LogP contribution in [0.25, 0.3) is 5.73 Å². The van der Waals surface area contributed by atoms with Gasteiger partial charge in [0.05, 0.1) is 0 Å². The van der Waals surface area contributed by atoms with Gasteiger partial charge in [-0.3, -0.25) is 0 Å². The summed E-state index contributed by atoms with van der Waals surface area (Å²) in [5.74, 6) is -1.99. The third-order valence-corrected chi connectivity index (χ3v) is 1.99. The van der Waals surface area contributed by atoms with Crippen LogP contribution in [0.3, 0.4) is 0 Å². The molecule has 0 spiro atoms. The zero-order chi connectivity index (χ0) is 12.3. The summed E-state index contributed by atoms with van der Waals surface area (Å²) in [5.41, 5.74) is 7.81. The molecule has 90 valence electrons. The number of alkyl halides is 3. The first kappa shape index (κ1) is 12.8. The van der Waals surface area contributed by atoms with Crippen LogP contribution in [0.2, 0.25) is 0 Å². The van der Waals surface area contributed by atoms with E-state index in [4.69, 9.17) is 5.73 Å². The Morgan fingerprint density at radius 2 is 2.00 bits per heavy atom. The standard InChI is InChI=1S/C10H10F4NO/c1-2-8(15)6-3-4-9(7(11)5-6)16-10(12,13)14/h3-5,8,15H,2H2,1H3/q-1/t8-/m1/s1. The van der Waals surface area contributed by atoms with Crippen LogP contribution in [0.1, 0.15) is 24.9 Å². The van der Waals surface area contributed by atoms with Crippen molar-refractivity contribution < 1.29 is 22.3 Å². The minimum absolute atomic E-state index is 0.328. The van der Waals surface area contributed by atoms with Crippen LogP contribution in [0.15, 0.2) is 18.2 Å². The molecule has 0 radical (unpaired) electrons. The lowest BCUT2D eigenvalue weighted by molar-refractivity contribution is -0.275. The first-order chi connectivity index (χ1) is 7.33. The summed E-state index contributed by atoms with van der Waals surface area (Å²) in [7, 11) is 0. The average molecular weight is 236 g/mol. The third-order valence-electron chi connectivity index (χ3n) is 1.99. The van der Waals surface area contributed by atoms with Crippen molar-refractivity contribution >= 4 is 0 Å². The normalized spacial score (nSPS) is 13.6. The van der Waals surface area contributed by atoms with Crippen molar-refractivity contribution in [3.05, 3.63) is 35.3 Å². The number of hydrogen-bond acceptors (Lipinski definition) is 1. The van der Waals surface area contributed by atoms with E-state index in [-0.39, 0.29) is 0 Å². The zero-order valence-corrected chi connectivity index (χ0v) is 8.44. The molecule has 0 amide bonds. The number of hydrogen-bond donors (Lipinski definition) is 0. The molecule has 2 nitrogen and oxygen atoms in total. The number of rotatable bonds is 3. The second-order valence-corrected chi connectivity index (χ2v) is 3.20. The Labute approximate surface area is 90.0 Å². The third kappa shape index (κ3) is 3.37. The molecule has 0 saturated carbocycles. The van der Waals surface area contributed by atoms with Crippen molar-refractivity contribution in [3.63, 3.8) is 0 Å². The summed E-state index contributed by atoms with van der Waals surface area (Å²) in [6.07, 6.45) is -4.45. The topological polar surface area (TPSA) is 33.0 Å². The van der Waals surface area contributed by atoms with E-state index in [0.29, 0.717) is 12.0 Å². The summed E-state index contributed by atoms with van der Waals surface area (Å²) >= 11 is 0. The maximum absolute atomic E-state index is 13.2. The lowest BCUT2D eigenvalue weighted by Crippen LogP contribution is -2.18. The molecule has 0 aliphatic heterocycles. The molecule has 6 heteroatoms. The first-order valence-electron chi connectivity index (χ1n) is 4.59. The highest BCUT2D eigenvalue weighted by atomic mass is 19.4. The van der Waals surface area contributed by atoms with E-state index in [0.717, 1.165) is 12.1 Å². The fourth-order valence-electron chi connectivity index (χ4n) is 1.18. The monoisotopic (exact) mass is 236 g/mol. The fraction of sp³-hybridized carbons (Fsp3) is 0.400. The Morgan fingerprint density at radius 3 is 2.44 bits per heavy atom. The van der Waals surface area contributed by atoms with E-state index in [2.05, 4.69) is 4.74 Å². The summed E-state index contributed by atoms with van der Waals surface area (Å²) in [6.45, 7) is 1.73. The van der Waals surface area contributed by atoms with E-state index < -0.39 is 24.0 Å². The van der Waals surface area contributed by atoms with E-state index in [1.165, 1.54) is 6.07 Å². The summed E-state index contributed by atoms with van der Waals surface area (Å²) in [4.78, 5) is 0. The van der Waals surface area contributed by atoms with E-state index in [9.17, 15) is 17.6 Å². The number of benzene rings is 1. The van der Waals surface area contributed by atoms with Gasteiger partial charge in [-0.2, -0.15) is 0 Å². The van der Waals surface area contributed by atoms with E-state index >= 15 is 0 Å².